The quantitative estimate of drug-likeness (QED) is 0.179. The van der Waals surface area contributed by atoms with E-state index in [0.29, 0.717) is 17.6 Å². The van der Waals surface area contributed by atoms with E-state index in [1.165, 1.54) is 27.6 Å². The molecule has 284 valence electrons. The molecule has 0 saturated heterocycles. The highest BCUT2D eigenvalue weighted by molar-refractivity contribution is 6.21. The predicted octanol–water partition coefficient (Wildman–Crippen LogP) is 13.6. The van der Waals surface area contributed by atoms with Crippen molar-refractivity contribution in [2.24, 2.45) is 0 Å². The molecule has 3 heterocycles. The molecule has 9 aromatic carbocycles. The molecule has 2 aromatic heterocycles. The van der Waals surface area contributed by atoms with E-state index in [2.05, 4.69) is 187 Å². The fraction of sp³-hybridized carbons (Fsp3) is 0.0179. The summed E-state index contributed by atoms with van der Waals surface area (Å²) in [4.78, 5) is 15.8. The molecule has 61 heavy (non-hydrogen) atoms. The summed E-state index contributed by atoms with van der Waals surface area (Å²) in [6.07, 6.45) is 0. The van der Waals surface area contributed by atoms with Crippen LogP contribution in [0.15, 0.2) is 206 Å². The van der Waals surface area contributed by atoms with Crippen molar-refractivity contribution in [1.29, 1.82) is 0 Å². The Kier molecular flexibility index (Phi) is 7.16. The van der Waals surface area contributed by atoms with Crippen molar-refractivity contribution in [2.75, 3.05) is 0 Å². The molecule has 5 heteroatoms. The molecule has 13 rings (SSSR count). The molecule has 1 aliphatic heterocycles. The molecule has 11 aromatic rings. The average Bonchev–Trinajstić information content (AvgIpc) is 3.82. The number of aromatic nitrogens is 4. The smallest absolute Gasteiger partial charge is 0.238 e. The zero-order chi connectivity index (χ0) is 40.1. The van der Waals surface area contributed by atoms with Gasteiger partial charge in [-0.25, -0.2) is 4.98 Å². The van der Waals surface area contributed by atoms with Gasteiger partial charge in [0.05, 0.1) is 16.4 Å². The Balaban J connectivity index is 1.12. The third kappa shape index (κ3) is 4.86. The van der Waals surface area contributed by atoms with Crippen LogP contribution in [0.5, 0.6) is 11.5 Å². The van der Waals surface area contributed by atoms with E-state index in [9.17, 15) is 0 Å². The van der Waals surface area contributed by atoms with Crippen LogP contribution in [0.1, 0.15) is 22.3 Å². The van der Waals surface area contributed by atoms with Gasteiger partial charge in [0.25, 0.3) is 0 Å². The Bertz CT molecular complexity index is 3510. The third-order valence-corrected chi connectivity index (χ3v) is 12.7. The van der Waals surface area contributed by atoms with E-state index in [0.717, 1.165) is 72.1 Å². The summed E-state index contributed by atoms with van der Waals surface area (Å²) in [5.74, 6) is 3.39. The zero-order valence-electron chi connectivity index (χ0n) is 32.8. The minimum atomic E-state index is -0.600. The standard InChI is InChI=1S/C56H34N4O/c1-3-15-35(16-4-1)36-27-29-39(30-28-36)54-57-53(38-18-5-2-6-19-38)58-55(59-54)60-48-32-31-37-17-7-8-20-40(37)52(48)43-33-47-51(34-49(43)60)61-50-26-14-13-25-46(50)56(47)44-23-11-9-21-41(44)42-22-10-12-24-45(42)56/h1-34H. The van der Waals surface area contributed by atoms with Crippen molar-refractivity contribution in [2.45, 2.75) is 5.41 Å². The van der Waals surface area contributed by atoms with E-state index < -0.39 is 5.41 Å². The molecule has 0 amide bonds. The number of ether oxygens (including phenoxy) is 1. The number of hydrogen-bond donors (Lipinski definition) is 0. The van der Waals surface area contributed by atoms with Crippen LogP contribution in [0, 0.1) is 0 Å². The van der Waals surface area contributed by atoms with Crippen LogP contribution in [-0.4, -0.2) is 19.5 Å². The van der Waals surface area contributed by atoms with Crippen LogP contribution >= 0.6 is 0 Å². The molecule has 0 bridgehead atoms. The molecule has 1 spiro atoms. The number of nitrogens with zero attached hydrogens (tertiary/aromatic N) is 4. The van der Waals surface area contributed by atoms with Crippen LogP contribution < -0.4 is 4.74 Å². The summed E-state index contributed by atoms with van der Waals surface area (Å²) in [6, 6.07) is 73.1. The molecular formula is C56H34N4O. The molecule has 5 nitrogen and oxygen atoms in total. The Morgan fingerprint density at radius 1 is 0.377 bits per heavy atom. The molecule has 0 saturated carbocycles. The molecule has 2 aliphatic rings. The van der Waals surface area contributed by atoms with E-state index in [4.69, 9.17) is 19.7 Å². The van der Waals surface area contributed by atoms with Crippen molar-refractivity contribution >= 4 is 32.6 Å². The molecular weight excluding hydrogens is 745 g/mol. The van der Waals surface area contributed by atoms with Gasteiger partial charge in [0.15, 0.2) is 11.6 Å². The summed E-state index contributed by atoms with van der Waals surface area (Å²) in [7, 11) is 0. The number of para-hydroxylation sites is 1. The molecule has 0 fully saturated rings. The topological polar surface area (TPSA) is 52.8 Å². The Hall–Kier alpha value is -8.15. The van der Waals surface area contributed by atoms with Crippen molar-refractivity contribution < 1.29 is 4.74 Å². The van der Waals surface area contributed by atoms with Gasteiger partial charge in [-0.2, -0.15) is 9.97 Å². The van der Waals surface area contributed by atoms with E-state index >= 15 is 0 Å². The van der Waals surface area contributed by atoms with Gasteiger partial charge in [-0.1, -0.05) is 182 Å². The Labute approximate surface area is 351 Å². The van der Waals surface area contributed by atoms with Crippen molar-refractivity contribution in [1.82, 2.24) is 19.5 Å². The first-order valence-electron chi connectivity index (χ1n) is 20.7. The first-order chi connectivity index (χ1) is 30.2. The maximum Gasteiger partial charge on any atom is 0.238 e. The van der Waals surface area contributed by atoms with Gasteiger partial charge in [-0.15, -0.1) is 0 Å². The van der Waals surface area contributed by atoms with Crippen molar-refractivity contribution in [3.63, 3.8) is 0 Å². The van der Waals surface area contributed by atoms with E-state index in [-0.39, 0.29) is 0 Å². The molecule has 1 aliphatic carbocycles. The SMILES string of the molecule is c1ccc(-c2ccc(-c3nc(-c4ccccc4)nc(-n4c5cc6c(cc5c5c7ccccc7ccc54)C4(c5ccccc5O6)c5ccccc5-c5ccccc54)n3)cc2)cc1. The van der Waals surface area contributed by atoms with Gasteiger partial charge in [-0.3, -0.25) is 4.57 Å². The second-order valence-electron chi connectivity index (χ2n) is 15.9. The predicted molar refractivity (Wildman–Crippen MR) is 245 cm³/mol. The van der Waals surface area contributed by atoms with Crippen LogP contribution in [0.3, 0.4) is 0 Å². The maximum atomic E-state index is 7.04. The number of fused-ring (bicyclic) bond motifs is 14. The molecule has 0 radical (unpaired) electrons. The minimum Gasteiger partial charge on any atom is -0.457 e. The highest BCUT2D eigenvalue weighted by atomic mass is 16.5. The summed E-state index contributed by atoms with van der Waals surface area (Å²) in [5.41, 5.74) is 12.7. The zero-order valence-corrected chi connectivity index (χ0v) is 32.8. The lowest BCUT2D eigenvalue weighted by molar-refractivity contribution is 0.437. The van der Waals surface area contributed by atoms with Crippen molar-refractivity contribution in [3.8, 4) is 62.5 Å². The summed E-state index contributed by atoms with van der Waals surface area (Å²) >= 11 is 0. The van der Waals surface area contributed by atoms with Gasteiger partial charge in [-0.05, 0) is 62.4 Å². The highest BCUT2D eigenvalue weighted by Gasteiger charge is 2.51. The molecule has 0 N–H and O–H groups in total. The minimum absolute atomic E-state index is 0.536. The second kappa shape index (κ2) is 12.9. The van der Waals surface area contributed by atoms with Crippen LogP contribution in [-0.2, 0) is 5.41 Å². The third-order valence-electron chi connectivity index (χ3n) is 12.7. The monoisotopic (exact) mass is 778 g/mol. The normalized spacial score (nSPS) is 13.2. The van der Waals surface area contributed by atoms with E-state index in [1.54, 1.807) is 0 Å². The van der Waals surface area contributed by atoms with Crippen LogP contribution in [0.4, 0.5) is 0 Å². The molecule has 0 atom stereocenters. The first-order valence-corrected chi connectivity index (χ1v) is 20.7. The largest absolute Gasteiger partial charge is 0.457 e. The van der Waals surface area contributed by atoms with Gasteiger partial charge in [0.2, 0.25) is 5.95 Å². The van der Waals surface area contributed by atoms with E-state index in [1.807, 2.05) is 24.3 Å². The van der Waals surface area contributed by atoms with Crippen LogP contribution in [0.25, 0.3) is 83.6 Å². The summed E-state index contributed by atoms with van der Waals surface area (Å²) < 4.78 is 9.25. The Morgan fingerprint density at radius 2 is 0.934 bits per heavy atom. The van der Waals surface area contributed by atoms with Gasteiger partial charge in [0, 0.05) is 39.1 Å². The lowest BCUT2D eigenvalue weighted by atomic mass is 9.66. The molecule has 0 unspecified atom stereocenters. The van der Waals surface area contributed by atoms with Gasteiger partial charge in [0.1, 0.15) is 11.5 Å². The van der Waals surface area contributed by atoms with Gasteiger partial charge < -0.3 is 4.74 Å². The Morgan fingerprint density at radius 3 is 1.66 bits per heavy atom. The lowest BCUT2D eigenvalue weighted by Gasteiger charge is -2.39. The highest BCUT2D eigenvalue weighted by Crippen LogP contribution is 2.62. The van der Waals surface area contributed by atoms with Crippen molar-refractivity contribution in [3.05, 3.63) is 229 Å². The summed E-state index contributed by atoms with van der Waals surface area (Å²) in [5, 5.41) is 4.57. The second-order valence-corrected chi connectivity index (χ2v) is 15.9. The fourth-order valence-electron chi connectivity index (χ4n) is 10.1. The number of rotatable bonds is 4. The number of benzene rings is 9. The maximum absolute atomic E-state index is 7.04. The van der Waals surface area contributed by atoms with Crippen LogP contribution in [0.2, 0.25) is 0 Å². The summed E-state index contributed by atoms with van der Waals surface area (Å²) in [6.45, 7) is 0. The lowest BCUT2D eigenvalue weighted by Crippen LogP contribution is -2.32. The first kappa shape index (κ1) is 33.8. The number of hydrogen-bond acceptors (Lipinski definition) is 4. The van der Waals surface area contributed by atoms with Gasteiger partial charge >= 0.3 is 0 Å². The fourth-order valence-corrected chi connectivity index (χ4v) is 10.1. The average molecular weight is 779 g/mol.